The maximum absolute atomic E-state index is 13.6. The van der Waals surface area contributed by atoms with Crippen molar-refractivity contribution in [3.63, 3.8) is 0 Å². The number of hydrogen-bond donors (Lipinski definition) is 3. The van der Waals surface area contributed by atoms with Gasteiger partial charge in [0.15, 0.2) is 5.69 Å². The molecule has 1 aromatic heterocycles. The standard InChI is InChI=1S/C19H27F3N6O5/c1-2-3-4-5-13(11-28(32)12-29)16(30)25-26-18-23-10-14(15(24-18)19(20,21)22)17(31)27-6-8-33-9-7-27/h10,12-13,32H,2-9,11H2,1H3,(H,25,30)(H,23,24,26). The normalized spacial score (nSPS) is 15.0. The molecule has 1 fully saturated rings. The van der Waals surface area contributed by atoms with Crippen molar-refractivity contribution in [2.45, 2.75) is 38.8 Å². The van der Waals surface area contributed by atoms with E-state index in [1.807, 2.05) is 6.92 Å². The third-order valence-electron chi connectivity index (χ3n) is 4.94. The Labute approximate surface area is 188 Å². The van der Waals surface area contributed by atoms with Crippen molar-refractivity contribution < 1.29 is 37.5 Å². The summed E-state index contributed by atoms with van der Waals surface area (Å²) in [5.41, 5.74) is 2.26. The molecule has 2 rings (SSSR count). The second-order valence-electron chi connectivity index (χ2n) is 7.39. The summed E-state index contributed by atoms with van der Waals surface area (Å²) in [6.07, 6.45) is -1.35. The predicted molar refractivity (Wildman–Crippen MR) is 108 cm³/mol. The molecular formula is C19H27F3N6O5. The fourth-order valence-corrected chi connectivity index (χ4v) is 3.19. The molecule has 2 heterocycles. The lowest BCUT2D eigenvalue weighted by molar-refractivity contribution is -0.154. The van der Waals surface area contributed by atoms with Gasteiger partial charge in [-0.3, -0.25) is 30.4 Å². The maximum Gasteiger partial charge on any atom is 0.434 e. The molecular weight excluding hydrogens is 449 g/mol. The van der Waals surface area contributed by atoms with Crippen molar-refractivity contribution >= 4 is 24.2 Å². The molecule has 1 atom stereocenters. The van der Waals surface area contributed by atoms with Gasteiger partial charge < -0.3 is 9.64 Å². The number of hydroxylamine groups is 2. The Bertz CT molecular complexity index is 820. The first kappa shape index (κ1) is 26.3. The van der Waals surface area contributed by atoms with Crippen molar-refractivity contribution in [3.05, 3.63) is 17.5 Å². The van der Waals surface area contributed by atoms with Crippen molar-refractivity contribution in [3.8, 4) is 0 Å². The fourth-order valence-electron chi connectivity index (χ4n) is 3.19. The minimum Gasteiger partial charge on any atom is -0.378 e. The molecule has 0 bridgehead atoms. The Morgan fingerprint density at radius 3 is 2.64 bits per heavy atom. The van der Waals surface area contributed by atoms with Crippen LogP contribution < -0.4 is 10.9 Å². The molecule has 1 unspecified atom stereocenters. The highest BCUT2D eigenvalue weighted by Crippen LogP contribution is 2.31. The number of ether oxygens (including phenoxy) is 1. The third-order valence-corrected chi connectivity index (χ3v) is 4.94. The zero-order valence-electron chi connectivity index (χ0n) is 18.1. The molecule has 3 N–H and O–H groups in total. The predicted octanol–water partition coefficient (Wildman–Crippen LogP) is 1.45. The minimum atomic E-state index is -4.94. The van der Waals surface area contributed by atoms with Crippen LogP contribution in [0.1, 0.15) is 48.7 Å². The first-order valence-corrected chi connectivity index (χ1v) is 10.4. The molecule has 1 aromatic rings. The number of alkyl halides is 3. The summed E-state index contributed by atoms with van der Waals surface area (Å²) in [4.78, 5) is 44.0. The van der Waals surface area contributed by atoms with E-state index in [2.05, 4.69) is 20.8 Å². The van der Waals surface area contributed by atoms with Gasteiger partial charge in [-0.25, -0.2) is 15.0 Å². The fraction of sp³-hybridized carbons (Fsp3) is 0.632. The first-order chi connectivity index (χ1) is 15.7. The van der Waals surface area contributed by atoms with E-state index >= 15 is 0 Å². The molecule has 0 spiro atoms. The summed E-state index contributed by atoms with van der Waals surface area (Å²) in [6.45, 7) is 2.40. The number of unbranched alkanes of at least 4 members (excludes halogenated alkanes) is 2. The Balaban J connectivity index is 2.13. The van der Waals surface area contributed by atoms with E-state index in [4.69, 9.17) is 4.74 Å². The summed E-state index contributed by atoms with van der Waals surface area (Å²) in [7, 11) is 0. The average molecular weight is 476 g/mol. The van der Waals surface area contributed by atoms with Gasteiger partial charge in [-0.15, -0.1) is 0 Å². The molecule has 33 heavy (non-hydrogen) atoms. The summed E-state index contributed by atoms with van der Waals surface area (Å²) >= 11 is 0. The topological polar surface area (TPSA) is 137 Å². The minimum absolute atomic E-state index is 0.147. The number of rotatable bonds is 11. The quantitative estimate of drug-likeness (QED) is 0.189. The maximum atomic E-state index is 13.6. The molecule has 0 aliphatic carbocycles. The van der Waals surface area contributed by atoms with Gasteiger partial charge in [0, 0.05) is 19.3 Å². The zero-order valence-corrected chi connectivity index (χ0v) is 18.1. The molecule has 14 heteroatoms. The van der Waals surface area contributed by atoms with E-state index in [-0.39, 0.29) is 39.3 Å². The van der Waals surface area contributed by atoms with Gasteiger partial charge in [0.25, 0.3) is 5.91 Å². The summed E-state index contributed by atoms with van der Waals surface area (Å²) in [5, 5.41) is 9.73. The van der Waals surface area contributed by atoms with Gasteiger partial charge in [0.2, 0.25) is 18.3 Å². The van der Waals surface area contributed by atoms with E-state index in [9.17, 15) is 32.8 Å². The van der Waals surface area contributed by atoms with Crippen LogP contribution in [0.25, 0.3) is 0 Å². The van der Waals surface area contributed by atoms with Crippen molar-refractivity contribution in [2.24, 2.45) is 5.92 Å². The second-order valence-corrected chi connectivity index (χ2v) is 7.39. The number of aromatic nitrogens is 2. The van der Waals surface area contributed by atoms with Gasteiger partial charge in [-0.1, -0.05) is 26.2 Å². The summed E-state index contributed by atoms with van der Waals surface area (Å²) < 4.78 is 45.8. The number of nitrogens with one attached hydrogen (secondary N) is 2. The zero-order chi connectivity index (χ0) is 24.4. The van der Waals surface area contributed by atoms with E-state index in [1.54, 1.807) is 0 Å². The molecule has 1 aliphatic heterocycles. The van der Waals surface area contributed by atoms with Crippen LogP contribution in [0, 0.1) is 5.92 Å². The van der Waals surface area contributed by atoms with Gasteiger partial charge in [-0.05, 0) is 6.42 Å². The molecule has 184 valence electrons. The van der Waals surface area contributed by atoms with Crippen molar-refractivity contribution in [1.82, 2.24) is 25.4 Å². The van der Waals surface area contributed by atoms with Crippen LogP contribution in [0.15, 0.2) is 6.20 Å². The van der Waals surface area contributed by atoms with Gasteiger partial charge in [-0.2, -0.15) is 13.2 Å². The van der Waals surface area contributed by atoms with E-state index in [1.165, 1.54) is 4.90 Å². The second kappa shape index (κ2) is 12.3. The number of hydrazine groups is 1. The Hall–Kier alpha value is -3.00. The van der Waals surface area contributed by atoms with Crippen molar-refractivity contribution in [2.75, 3.05) is 38.3 Å². The van der Waals surface area contributed by atoms with Gasteiger partial charge in [0.05, 0.1) is 31.2 Å². The number of amides is 3. The highest BCUT2D eigenvalue weighted by molar-refractivity contribution is 5.95. The summed E-state index contributed by atoms with van der Waals surface area (Å²) in [5.74, 6) is -2.92. The first-order valence-electron chi connectivity index (χ1n) is 10.4. The smallest absolute Gasteiger partial charge is 0.378 e. The van der Waals surface area contributed by atoms with Crippen LogP contribution in [-0.4, -0.2) is 76.2 Å². The Kier molecular flexibility index (Phi) is 9.78. The molecule has 11 nitrogen and oxygen atoms in total. The molecule has 3 amide bonds. The van der Waals surface area contributed by atoms with E-state index in [0.717, 1.165) is 19.0 Å². The van der Waals surface area contributed by atoms with Crippen LogP contribution in [0.5, 0.6) is 0 Å². The number of hydrogen-bond acceptors (Lipinski definition) is 8. The highest BCUT2D eigenvalue weighted by atomic mass is 19.4. The van der Waals surface area contributed by atoms with Crippen LogP contribution in [-0.2, 0) is 20.5 Å². The number of anilines is 1. The van der Waals surface area contributed by atoms with E-state index in [0.29, 0.717) is 17.9 Å². The highest BCUT2D eigenvalue weighted by Gasteiger charge is 2.39. The van der Waals surface area contributed by atoms with Gasteiger partial charge >= 0.3 is 6.18 Å². The molecule has 1 saturated heterocycles. The number of carbonyl (C=O) groups excluding carboxylic acids is 3. The number of morpholine rings is 1. The third kappa shape index (κ3) is 7.82. The lowest BCUT2D eigenvalue weighted by Gasteiger charge is -2.27. The van der Waals surface area contributed by atoms with Crippen LogP contribution in [0.2, 0.25) is 0 Å². The largest absolute Gasteiger partial charge is 0.434 e. The number of nitrogens with zero attached hydrogens (tertiary/aromatic N) is 4. The van der Waals surface area contributed by atoms with Crippen molar-refractivity contribution in [1.29, 1.82) is 0 Å². The van der Waals surface area contributed by atoms with Crippen LogP contribution in [0.4, 0.5) is 19.1 Å². The number of carbonyl (C=O) groups is 3. The lowest BCUT2D eigenvalue weighted by Crippen LogP contribution is -2.42. The molecule has 0 saturated carbocycles. The number of halogens is 3. The molecule has 1 aliphatic rings. The Morgan fingerprint density at radius 2 is 2.03 bits per heavy atom. The van der Waals surface area contributed by atoms with Gasteiger partial charge in [0.1, 0.15) is 0 Å². The molecule has 0 radical (unpaired) electrons. The van der Waals surface area contributed by atoms with E-state index < -0.39 is 41.1 Å². The SMILES string of the molecule is CCCCCC(CN(O)C=O)C(=O)NNc1ncc(C(=O)N2CCOCC2)c(C(F)(F)F)n1. The monoisotopic (exact) mass is 476 g/mol. The molecule has 0 aromatic carbocycles. The summed E-state index contributed by atoms with van der Waals surface area (Å²) in [6, 6.07) is 0. The average Bonchev–Trinajstić information content (AvgIpc) is 2.81. The van der Waals surface area contributed by atoms with Crippen LogP contribution >= 0.6 is 0 Å². The Morgan fingerprint density at radius 1 is 1.33 bits per heavy atom. The lowest BCUT2D eigenvalue weighted by atomic mass is 10.0. The van der Waals surface area contributed by atoms with Crippen LogP contribution in [0.3, 0.4) is 0 Å².